The highest BCUT2D eigenvalue weighted by Gasteiger charge is 2.32. The molecule has 8 heteroatoms. The molecule has 0 saturated heterocycles. The predicted octanol–water partition coefficient (Wildman–Crippen LogP) is 4.69. The van der Waals surface area contributed by atoms with E-state index in [0.29, 0.717) is 12.8 Å². The van der Waals surface area contributed by atoms with Crippen LogP contribution in [-0.2, 0) is 4.74 Å². The van der Waals surface area contributed by atoms with E-state index in [2.05, 4.69) is 5.32 Å². The fourth-order valence-electron chi connectivity index (χ4n) is 3.29. The Balaban J connectivity index is 2.56. The van der Waals surface area contributed by atoms with E-state index in [0.717, 1.165) is 25.3 Å². The average molecular weight is 364 g/mol. The smallest absolute Gasteiger partial charge is 0.412 e. The number of anilines is 1. The summed E-state index contributed by atoms with van der Waals surface area (Å²) in [6.45, 7) is 5.04. The van der Waals surface area contributed by atoms with Crippen LogP contribution in [0.2, 0.25) is 0 Å². The summed E-state index contributed by atoms with van der Waals surface area (Å²) in [5, 5.41) is 23.5. The minimum Gasteiger partial charge on any atom is -0.478 e. The fourth-order valence-corrected chi connectivity index (χ4v) is 3.29. The van der Waals surface area contributed by atoms with Crippen molar-refractivity contribution < 1.29 is 24.4 Å². The number of ether oxygens (including phenoxy) is 1. The standard InChI is InChI=1S/C18H24N2O6/c1-18(2,3)26-17(23)19-15-12(16(21)22)9-10-13(20(24)25)14(15)11-7-5-4-6-8-11/h9-11H,4-8H2,1-3H3,(H,19,23)(H,21,22). The molecule has 2 rings (SSSR count). The number of aromatic carboxylic acids is 1. The van der Waals surface area contributed by atoms with Crippen molar-refractivity contribution in [1.29, 1.82) is 0 Å². The van der Waals surface area contributed by atoms with E-state index >= 15 is 0 Å². The maximum Gasteiger partial charge on any atom is 0.412 e. The van der Waals surface area contributed by atoms with Gasteiger partial charge in [0.25, 0.3) is 5.69 Å². The molecule has 1 aromatic rings. The van der Waals surface area contributed by atoms with Crippen molar-refractivity contribution >= 4 is 23.4 Å². The second-order valence-electron chi connectivity index (χ2n) is 7.45. The minimum atomic E-state index is -1.26. The van der Waals surface area contributed by atoms with Gasteiger partial charge in [-0.05, 0) is 45.6 Å². The van der Waals surface area contributed by atoms with Gasteiger partial charge in [-0.2, -0.15) is 0 Å². The van der Waals surface area contributed by atoms with Crippen LogP contribution >= 0.6 is 0 Å². The van der Waals surface area contributed by atoms with E-state index in [-0.39, 0.29) is 28.4 Å². The fraction of sp³-hybridized carbons (Fsp3) is 0.556. The van der Waals surface area contributed by atoms with E-state index in [1.807, 2.05) is 0 Å². The Kier molecular flexibility index (Phi) is 5.84. The van der Waals surface area contributed by atoms with Crippen LogP contribution in [0, 0.1) is 10.1 Å². The van der Waals surface area contributed by atoms with Gasteiger partial charge < -0.3 is 9.84 Å². The highest BCUT2D eigenvalue weighted by atomic mass is 16.6. The maximum absolute atomic E-state index is 12.2. The molecule has 8 nitrogen and oxygen atoms in total. The van der Waals surface area contributed by atoms with Crippen LogP contribution in [-0.4, -0.2) is 27.7 Å². The molecule has 0 radical (unpaired) electrons. The maximum atomic E-state index is 12.2. The first kappa shape index (κ1) is 19.7. The van der Waals surface area contributed by atoms with Crippen molar-refractivity contribution in [3.05, 3.63) is 33.4 Å². The zero-order valence-corrected chi connectivity index (χ0v) is 15.2. The number of carbonyl (C=O) groups excluding carboxylic acids is 1. The SMILES string of the molecule is CC(C)(C)OC(=O)Nc1c(C(=O)O)ccc([N+](=O)[O-])c1C1CCCCC1. The van der Waals surface area contributed by atoms with Gasteiger partial charge in [-0.25, -0.2) is 9.59 Å². The Morgan fingerprint density at radius 1 is 1.23 bits per heavy atom. The van der Waals surface area contributed by atoms with Crippen molar-refractivity contribution in [3.63, 3.8) is 0 Å². The minimum absolute atomic E-state index is 0.0344. The van der Waals surface area contributed by atoms with Gasteiger partial charge in [0, 0.05) is 6.07 Å². The highest BCUT2D eigenvalue weighted by molar-refractivity contribution is 6.01. The molecule has 0 spiro atoms. The molecule has 0 heterocycles. The molecular formula is C18H24N2O6. The first-order valence-corrected chi connectivity index (χ1v) is 8.64. The number of hydrogen-bond acceptors (Lipinski definition) is 5. The summed E-state index contributed by atoms with van der Waals surface area (Å²) in [5.41, 5.74) is -0.887. The Hall–Kier alpha value is -2.64. The molecule has 2 N–H and O–H groups in total. The predicted molar refractivity (Wildman–Crippen MR) is 95.7 cm³/mol. The topological polar surface area (TPSA) is 119 Å². The Labute approximate surface area is 151 Å². The molecule has 1 amide bonds. The lowest BCUT2D eigenvalue weighted by atomic mass is 9.81. The molecule has 0 aromatic heterocycles. The summed E-state index contributed by atoms with van der Waals surface area (Å²) in [4.78, 5) is 34.9. The van der Waals surface area contributed by atoms with Gasteiger partial charge in [0.15, 0.2) is 0 Å². The van der Waals surface area contributed by atoms with Crippen molar-refractivity contribution in [1.82, 2.24) is 0 Å². The van der Waals surface area contributed by atoms with E-state index < -0.39 is 22.6 Å². The molecule has 1 aliphatic rings. The van der Waals surface area contributed by atoms with Crippen LogP contribution in [0.3, 0.4) is 0 Å². The molecule has 0 aliphatic heterocycles. The normalized spacial score (nSPS) is 15.3. The molecule has 142 valence electrons. The molecule has 0 atom stereocenters. The number of nitro groups is 1. The molecule has 26 heavy (non-hydrogen) atoms. The highest BCUT2D eigenvalue weighted by Crippen LogP contribution is 2.43. The lowest BCUT2D eigenvalue weighted by molar-refractivity contribution is -0.385. The Morgan fingerprint density at radius 3 is 2.35 bits per heavy atom. The first-order chi connectivity index (χ1) is 12.1. The number of carboxylic acid groups (broad SMARTS) is 1. The number of nitro benzene ring substituents is 1. The molecule has 0 unspecified atom stereocenters. The van der Waals surface area contributed by atoms with Gasteiger partial charge in [-0.1, -0.05) is 19.3 Å². The third kappa shape index (κ3) is 4.71. The van der Waals surface area contributed by atoms with E-state index in [1.54, 1.807) is 20.8 Å². The third-order valence-corrected chi connectivity index (χ3v) is 4.29. The Morgan fingerprint density at radius 2 is 1.85 bits per heavy atom. The second kappa shape index (κ2) is 7.72. The number of amides is 1. The van der Waals surface area contributed by atoms with Gasteiger partial charge in [0.1, 0.15) is 5.60 Å². The molecule has 0 bridgehead atoms. The van der Waals surface area contributed by atoms with Crippen LogP contribution in [0.1, 0.15) is 74.7 Å². The van der Waals surface area contributed by atoms with Crippen molar-refractivity contribution in [3.8, 4) is 0 Å². The zero-order valence-electron chi connectivity index (χ0n) is 15.2. The van der Waals surface area contributed by atoms with Crippen LogP contribution in [0.5, 0.6) is 0 Å². The number of nitrogens with zero attached hydrogens (tertiary/aromatic N) is 1. The average Bonchev–Trinajstić information content (AvgIpc) is 2.52. The first-order valence-electron chi connectivity index (χ1n) is 8.64. The van der Waals surface area contributed by atoms with Crippen molar-refractivity contribution in [2.24, 2.45) is 0 Å². The molecular weight excluding hydrogens is 340 g/mol. The second-order valence-corrected chi connectivity index (χ2v) is 7.45. The summed E-state index contributed by atoms with van der Waals surface area (Å²) in [6.07, 6.45) is 3.45. The number of carbonyl (C=O) groups is 2. The van der Waals surface area contributed by atoms with Crippen molar-refractivity contribution in [2.75, 3.05) is 5.32 Å². The lowest BCUT2D eigenvalue weighted by Crippen LogP contribution is -2.28. The van der Waals surface area contributed by atoms with Crippen molar-refractivity contribution in [2.45, 2.75) is 64.4 Å². The Bertz CT molecular complexity index is 717. The van der Waals surface area contributed by atoms with Gasteiger partial charge in [-0.15, -0.1) is 0 Å². The number of hydrogen-bond donors (Lipinski definition) is 2. The summed E-state index contributed by atoms with van der Waals surface area (Å²) >= 11 is 0. The molecule has 1 saturated carbocycles. The summed E-state index contributed by atoms with van der Waals surface area (Å²) in [7, 11) is 0. The molecule has 1 aromatic carbocycles. The largest absolute Gasteiger partial charge is 0.478 e. The van der Waals surface area contributed by atoms with Gasteiger partial charge in [-0.3, -0.25) is 15.4 Å². The summed E-state index contributed by atoms with van der Waals surface area (Å²) in [5.74, 6) is -1.43. The van der Waals surface area contributed by atoms with Gasteiger partial charge >= 0.3 is 12.1 Å². The quantitative estimate of drug-likeness (QED) is 0.591. The van der Waals surface area contributed by atoms with Crippen LogP contribution in [0.15, 0.2) is 12.1 Å². The van der Waals surface area contributed by atoms with Crippen LogP contribution < -0.4 is 5.32 Å². The number of rotatable bonds is 4. The number of nitrogens with one attached hydrogen (secondary N) is 1. The van der Waals surface area contributed by atoms with E-state index in [4.69, 9.17) is 4.74 Å². The van der Waals surface area contributed by atoms with Crippen LogP contribution in [0.25, 0.3) is 0 Å². The zero-order chi connectivity index (χ0) is 19.5. The van der Waals surface area contributed by atoms with Gasteiger partial charge in [0.05, 0.1) is 21.7 Å². The monoisotopic (exact) mass is 364 g/mol. The summed E-state index contributed by atoms with van der Waals surface area (Å²) < 4.78 is 5.21. The molecule has 1 aliphatic carbocycles. The van der Waals surface area contributed by atoms with E-state index in [1.165, 1.54) is 6.07 Å². The number of carboxylic acids is 1. The van der Waals surface area contributed by atoms with Crippen LogP contribution in [0.4, 0.5) is 16.2 Å². The summed E-state index contributed by atoms with van der Waals surface area (Å²) in [6, 6.07) is 2.35. The van der Waals surface area contributed by atoms with E-state index in [9.17, 15) is 24.8 Å². The third-order valence-electron chi connectivity index (χ3n) is 4.29. The number of benzene rings is 1. The molecule has 1 fully saturated rings. The lowest BCUT2D eigenvalue weighted by Gasteiger charge is -2.26. The van der Waals surface area contributed by atoms with Gasteiger partial charge in [0.2, 0.25) is 0 Å².